The molecule has 5 nitrogen and oxygen atoms in total. The van der Waals surface area contributed by atoms with Crippen LogP contribution in [0.2, 0.25) is 0 Å². The van der Waals surface area contributed by atoms with Gasteiger partial charge in [0.05, 0.1) is 16.8 Å². The number of rotatable bonds is 3. The molecule has 0 unspecified atom stereocenters. The quantitative estimate of drug-likeness (QED) is 0.344. The van der Waals surface area contributed by atoms with Gasteiger partial charge in [-0.15, -0.1) is 0 Å². The highest BCUT2D eigenvalue weighted by molar-refractivity contribution is 14.1. The maximum atomic E-state index is 12.2. The summed E-state index contributed by atoms with van der Waals surface area (Å²) in [4.78, 5) is 23.6. The van der Waals surface area contributed by atoms with Crippen molar-refractivity contribution in [3.63, 3.8) is 0 Å². The van der Waals surface area contributed by atoms with Gasteiger partial charge < -0.3 is 10.4 Å². The van der Waals surface area contributed by atoms with Crippen molar-refractivity contribution in [2.24, 2.45) is 0 Å². The number of hydrogen-bond acceptors (Lipinski definition) is 3. The first-order valence-electron chi connectivity index (χ1n) is 6.38. The molecule has 0 aliphatic carbocycles. The number of anilines is 1. The minimum atomic E-state index is -1.08. The first-order chi connectivity index (χ1) is 11.3. The molecule has 3 N–H and O–H groups in total. The number of carboxylic acid groups (broad SMARTS) is 1. The van der Waals surface area contributed by atoms with E-state index >= 15 is 0 Å². The lowest BCUT2D eigenvalue weighted by molar-refractivity contribution is 0.0697. The van der Waals surface area contributed by atoms with Crippen LogP contribution in [-0.2, 0) is 0 Å². The summed E-state index contributed by atoms with van der Waals surface area (Å²) in [6.07, 6.45) is 0. The minimum Gasteiger partial charge on any atom is -0.478 e. The van der Waals surface area contributed by atoms with Gasteiger partial charge in [-0.25, -0.2) is 4.79 Å². The molecule has 0 saturated heterocycles. The number of carbonyl (C=O) groups is 2. The lowest BCUT2D eigenvalue weighted by Gasteiger charge is -2.14. The second-order valence-corrected chi connectivity index (χ2v) is 8.17. The smallest absolute Gasteiger partial charge is 0.337 e. The Hall–Kier alpha value is -0.790. The Morgan fingerprint density at radius 2 is 1.79 bits per heavy atom. The fourth-order valence-electron chi connectivity index (χ4n) is 1.83. The van der Waals surface area contributed by atoms with Crippen LogP contribution < -0.4 is 10.6 Å². The van der Waals surface area contributed by atoms with Crippen LogP contribution in [-0.4, -0.2) is 22.1 Å². The van der Waals surface area contributed by atoms with E-state index in [2.05, 4.69) is 26.6 Å². The molecule has 24 heavy (non-hydrogen) atoms. The van der Waals surface area contributed by atoms with Crippen molar-refractivity contribution < 1.29 is 14.7 Å². The third-order valence-electron chi connectivity index (χ3n) is 2.87. The number of halogens is 3. The Kier molecular flexibility index (Phi) is 6.95. The van der Waals surface area contributed by atoms with E-state index in [9.17, 15) is 14.7 Å². The van der Waals surface area contributed by atoms with Crippen LogP contribution in [0, 0.1) is 7.14 Å². The van der Waals surface area contributed by atoms with Crippen molar-refractivity contribution in [1.82, 2.24) is 5.32 Å². The molecule has 2 aromatic carbocycles. The molecule has 1 amide bonds. The van der Waals surface area contributed by atoms with E-state index in [1.807, 2.05) is 51.2 Å². The molecule has 0 aliphatic rings. The third kappa shape index (κ3) is 4.86. The number of amides is 1. The van der Waals surface area contributed by atoms with Crippen LogP contribution in [0.5, 0.6) is 0 Å². The standard InChI is InChI=1S/C15H9BrI2N2O3S/c16-10-4-2-1-3-8(10)13(21)20-15(24)19-12-9(14(22)23)5-7(17)6-11(12)18/h1-6H,(H,22,23)(H2,19,20,21,24). The number of thiocarbonyl (C=S) groups is 1. The van der Waals surface area contributed by atoms with E-state index < -0.39 is 11.9 Å². The number of carboxylic acids is 1. The number of hydrogen-bond donors (Lipinski definition) is 3. The maximum absolute atomic E-state index is 12.2. The van der Waals surface area contributed by atoms with Crippen molar-refractivity contribution in [2.45, 2.75) is 0 Å². The summed E-state index contributed by atoms with van der Waals surface area (Å²) in [7, 11) is 0. The molecule has 0 bridgehead atoms. The minimum absolute atomic E-state index is 0.0253. The molecule has 124 valence electrons. The van der Waals surface area contributed by atoms with Crippen molar-refractivity contribution in [3.8, 4) is 0 Å². The molecular weight excluding hydrogens is 622 g/mol. The summed E-state index contributed by atoms with van der Waals surface area (Å²) >= 11 is 12.5. The molecule has 0 fully saturated rings. The number of benzene rings is 2. The second-order valence-electron chi connectivity index (χ2n) is 4.50. The van der Waals surface area contributed by atoms with Gasteiger partial charge in [0, 0.05) is 11.6 Å². The van der Waals surface area contributed by atoms with Gasteiger partial charge in [-0.1, -0.05) is 12.1 Å². The van der Waals surface area contributed by atoms with Crippen molar-refractivity contribution in [3.05, 3.63) is 59.1 Å². The molecule has 0 aliphatic heterocycles. The average molecular weight is 631 g/mol. The van der Waals surface area contributed by atoms with Gasteiger partial charge in [0.1, 0.15) is 0 Å². The van der Waals surface area contributed by atoms with Crippen molar-refractivity contribution >= 4 is 96.0 Å². The Morgan fingerprint density at radius 3 is 2.42 bits per heavy atom. The number of nitrogens with one attached hydrogen (secondary N) is 2. The van der Waals surface area contributed by atoms with E-state index in [0.29, 0.717) is 19.3 Å². The summed E-state index contributed by atoms with van der Waals surface area (Å²) in [6.45, 7) is 0. The van der Waals surface area contributed by atoms with Gasteiger partial charge in [-0.2, -0.15) is 0 Å². The van der Waals surface area contributed by atoms with E-state index in [1.54, 1.807) is 24.3 Å². The van der Waals surface area contributed by atoms with E-state index in [-0.39, 0.29) is 10.7 Å². The van der Waals surface area contributed by atoms with Crippen LogP contribution in [0.15, 0.2) is 40.9 Å². The van der Waals surface area contributed by atoms with Crippen LogP contribution in [0.3, 0.4) is 0 Å². The summed E-state index contributed by atoms with van der Waals surface area (Å²) in [5, 5.41) is 14.7. The fourth-order valence-corrected chi connectivity index (χ4v) is 4.47. The highest BCUT2D eigenvalue weighted by Crippen LogP contribution is 2.26. The van der Waals surface area contributed by atoms with Gasteiger partial charge in [0.2, 0.25) is 0 Å². The predicted molar refractivity (Wildman–Crippen MR) is 117 cm³/mol. The summed E-state index contributed by atoms with van der Waals surface area (Å²) in [5.74, 6) is -1.47. The largest absolute Gasteiger partial charge is 0.478 e. The topological polar surface area (TPSA) is 78.4 Å². The van der Waals surface area contributed by atoms with Gasteiger partial charge in [-0.05, 0) is 97.6 Å². The van der Waals surface area contributed by atoms with Crippen LogP contribution in [0.25, 0.3) is 0 Å². The van der Waals surface area contributed by atoms with E-state index in [0.717, 1.165) is 3.57 Å². The van der Waals surface area contributed by atoms with Gasteiger partial charge >= 0.3 is 5.97 Å². The lowest BCUT2D eigenvalue weighted by Crippen LogP contribution is -2.35. The van der Waals surface area contributed by atoms with Crippen LogP contribution in [0.1, 0.15) is 20.7 Å². The van der Waals surface area contributed by atoms with Crippen LogP contribution in [0.4, 0.5) is 5.69 Å². The molecular formula is C15H9BrI2N2O3S. The molecule has 2 aromatic rings. The highest BCUT2D eigenvalue weighted by Gasteiger charge is 2.17. The molecule has 0 spiro atoms. The molecule has 0 heterocycles. The normalized spacial score (nSPS) is 10.1. The number of carbonyl (C=O) groups excluding carboxylic acids is 1. The molecule has 0 saturated carbocycles. The Bertz CT molecular complexity index is 845. The van der Waals surface area contributed by atoms with Crippen LogP contribution >= 0.6 is 73.3 Å². The molecule has 9 heteroatoms. The third-order valence-corrected chi connectivity index (χ3v) is 5.24. The highest BCUT2D eigenvalue weighted by atomic mass is 127. The molecule has 0 radical (unpaired) electrons. The number of aromatic carboxylic acids is 1. The zero-order valence-corrected chi connectivity index (χ0v) is 18.5. The molecule has 2 rings (SSSR count). The van der Waals surface area contributed by atoms with E-state index in [4.69, 9.17) is 12.2 Å². The lowest BCUT2D eigenvalue weighted by atomic mass is 10.2. The van der Waals surface area contributed by atoms with Crippen molar-refractivity contribution in [1.29, 1.82) is 0 Å². The predicted octanol–water partition coefficient (Wildman–Crippen LogP) is 4.48. The monoisotopic (exact) mass is 630 g/mol. The summed E-state index contributed by atoms with van der Waals surface area (Å²) < 4.78 is 2.12. The average Bonchev–Trinajstić information content (AvgIpc) is 2.49. The first-order valence-corrected chi connectivity index (χ1v) is 9.74. The summed E-state index contributed by atoms with van der Waals surface area (Å²) in [5.41, 5.74) is 0.863. The molecule has 0 aromatic heterocycles. The zero-order valence-electron chi connectivity index (χ0n) is 11.8. The van der Waals surface area contributed by atoms with Gasteiger partial charge in [-0.3, -0.25) is 10.1 Å². The Morgan fingerprint density at radius 1 is 1.12 bits per heavy atom. The maximum Gasteiger partial charge on any atom is 0.337 e. The SMILES string of the molecule is O=C(NC(=S)Nc1c(I)cc(I)cc1C(=O)O)c1ccccc1Br. The van der Waals surface area contributed by atoms with Crippen molar-refractivity contribution in [2.75, 3.05) is 5.32 Å². The fraction of sp³-hybridized carbons (Fsp3) is 0. The molecule has 0 atom stereocenters. The van der Waals surface area contributed by atoms with Gasteiger partial charge in [0.15, 0.2) is 5.11 Å². The summed E-state index contributed by atoms with van der Waals surface area (Å²) in [6, 6.07) is 10.3. The second kappa shape index (κ2) is 8.54. The van der Waals surface area contributed by atoms with E-state index in [1.165, 1.54) is 6.07 Å². The Balaban J connectivity index is 2.20. The zero-order chi connectivity index (χ0) is 17.9. The Labute approximate surface area is 179 Å². The van der Waals surface area contributed by atoms with Gasteiger partial charge in [0.25, 0.3) is 5.91 Å². The first kappa shape index (κ1) is 19.5.